The van der Waals surface area contributed by atoms with E-state index in [0.29, 0.717) is 0 Å². The highest BCUT2D eigenvalue weighted by Crippen LogP contribution is 2.32. The molecule has 24 heavy (non-hydrogen) atoms. The van der Waals surface area contributed by atoms with Crippen LogP contribution in [0, 0.1) is 6.92 Å². The Morgan fingerprint density at radius 2 is 1.75 bits per heavy atom. The van der Waals surface area contributed by atoms with Gasteiger partial charge in [0.05, 0.1) is 11.6 Å². The van der Waals surface area contributed by atoms with Gasteiger partial charge in [-0.2, -0.15) is 0 Å². The fraction of sp³-hybridized carbons (Fsp3) is 0.611. The van der Waals surface area contributed by atoms with Crippen molar-refractivity contribution in [2.45, 2.75) is 58.5 Å². The standard InChI is InChI=1S/C18H27N5.ClH/c1-5-18(3,4)23-17(19-20-21-23)16(22-12-6-7-13-22)15-10-8-14(2)9-11-15;/h8-11,16H,5-7,12-13H2,1-4H3;1H. The van der Waals surface area contributed by atoms with Crippen molar-refractivity contribution in [3.63, 3.8) is 0 Å². The molecule has 0 aliphatic carbocycles. The summed E-state index contributed by atoms with van der Waals surface area (Å²) in [5.41, 5.74) is 2.48. The van der Waals surface area contributed by atoms with Crippen molar-refractivity contribution in [3.8, 4) is 0 Å². The zero-order chi connectivity index (χ0) is 16.4. The number of halogens is 1. The SMILES string of the molecule is CCC(C)(C)n1nnnc1C(c1ccc(C)cc1)N1CCCC1.Cl. The molecule has 0 radical (unpaired) electrons. The molecule has 0 spiro atoms. The molecule has 0 saturated carbocycles. The van der Waals surface area contributed by atoms with Gasteiger partial charge in [0.25, 0.3) is 0 Å². The second-order valence-electron chi connectivity index (χ2n) is 7.17. The van der Waals surface area contributed by atoms with Crippen LogP contribution < -0.4 is 0 Å². The van der Waals surface area contributed by atoms with Crippen LogP contribution in [0.15, 0.2) is 24.3 Å². The van der Waals surface area contributed by atoms with Gasteiger partial charge in [-0.05, 0) is 69.1 Å². The number of likely N-dealkylation sites (tertiary alicyclic amines) is 1. The first-order valence-electron chi connectivity index (χ1n) is 8.62. The number of aromatic nitrogens is 4. The van der Waals surface area contributed by atoms with E-state index in [-0.39, 0.29) is 24.0 Å². The van der Waals surface area contributed by atoms with Gasteiger partial charge in [0.1, 0.15) is 0 Å². The lowest BCUT2D eigenvalue weighted by atomic mass is 9.99. The quantitative estimate of drug-likeness (QED) is 0.825. The molecule has 1 aromatic carbocycles. The Morgan fingerprint density at radius 1 is 1.12 bits per heavy atom. The molecule has 5 nitrogen and oxygen atoms in total. The molecule has 1 aromatic heterocycles. The summed E-state index contributed by atoms with van der Waals surface area (Å²) in [6, 6.07) is 8.93. The summed E-state index contributed by atoms with van der Waals surface area (Å²) in [6.45, 7) is 10.9. The monoisotopic (exact) mass is 349 g/mol. The van der Waals surface area contributed by atoms with Crippen LogP contribution in [0.4, 0.5) is 0 Å². The van der Waals surface area contributed by atoms with Crippen molar-refractivity contribution < 1.29 is 0 Å². The van der Waals surface area contributed by atoms with Crippen molar-refractivity contribution in [3.05, 3.63) is 41.2 Å². The molecule has 132 valence electrons. The van der Waals surface area contributed by atoms with E-state index in [4.69, 9.17) is 0 Å². The highest BCUT2D eigenvalue weighted by Gasteiger charge is 2.33. The van der Waals surface area contributed by atoms with E-state index in [0.717, 1.165) is 25.3 Å². The summed E-state index contributed by atoms with van der Waals surface area (Å²) in [4.78, 5) is 2.51. The van der Waals surface area contributed by atoms with Crippen molar-refractivity contribution in [1.29, 1.82) is 0 Å². The summed E-state index contributed by atoms with van der Waals surface area (Å²) in [5.74, 6) is 0.961. The van der Waals surface area contributed by atoms with E-state index in [9.17, 15) is 0 Å². The summed E-state index contributed by atoms with van der Waals surface area (Å²) < 4.78 is 2.02. The van der Waals surface area contributed by atoms with E-state index in [1.54, 1.807) is 0 Å². The molecular formula is C18H28ClN5. The molecule has 3 rings (SSSR count). The fourth-order valence-corrected chi connectivity index (χ4v) is 3.22. The maximum atomic E-state index is 4.43. The van der Waals surface area contributed by atoms with Crippen molar-refractivity contribution in [2.75, 3.05) is 13.1 Å². The van der Waals surface area contributed by atoms with Crippen LogP contribution in [-0.2, 0) is 5.54 Å². The van der Waals surface area contributed by atoms with Gasteiger partial charge in [-0.15, -0.1) is 17.5 Å². The predicted molar refractivity (Wildman–Crippen MR) is 98.5 cm³/mol. The van der Waals surface area contributed by atoms with Crippen molar-refractivity contribution in [2.24, 2.45) is 0 Å². The molecule has 0 N–H and O–H groups in total. The van der Waals surface area contributed by atoms with Gasteiger partial charge >= 0.3 is 0 Å². The fourth-order valence-electron chi connectivity index (χ4n) is 3.22. The van der Waals surface area contributed by atoms with E-state index in [1.807, 2.05) is 4.68 Å². The lowest BCUT2D eigenvalue weighted by Crippen LogP contribution is -2.35. The average molecular weight is 350 g/mol. The van der Waals surface area contributed by atoms with Crippen LogP contribution >= 0.6 is 12.4 Å². The minimum absolute atomic E-state index is 0. The molecule has 1 atom stereocenters. The van der Waals surface area contributed by atoms with Crippen LogP contribution in [0.25, 0.3) is 0 Å². The molecule has 1 saturated heterocycles. The van der Waals surface area contributed by atoms with Crippen LogP contribution in [0.2, 0.25) is 0 Å². The molecule has 1 unspecified atom stereocenters. The number of nitrogens with zero attached hydrogens (tertiary/aromatic N) is 5. The van der Waals surface area contributed by atoms with E-state index in [1.165, 1.54) is 24.0 Å². The van der Waals surface area contributed by atoms with Gasteiger partial charge in [-0.1, -0.05) is 36.8 Å². The normalized spacial score (nSPS) is 16.8. The zero-order valence-corrected chi connectivity index (χ0v) is 15.9. The third-order valence-corrected chi connectivity index (χ3v) is 5.08. The number of benzene rings is 1. The van der Waals surface area contributed by atoms with Gasteiger partial charge in [0.2, 0.25) is 0 Å². The van der Waals surface area contributed by atoms with E-state index >= 15 is 0 Å². The lowest BCUT2D eigenvalue weighted by Gasteiger charge is -2.31. The minimum Gasteiger partial charge on any atom is -0.290 e. The highest BCUT2D eigenvalue weighted by molar-refractivity contribution is 5.85. The number of aryl methyl sites for hydroxylation is 1. The Labute approximate surface area is 150 Å². The predicted octanol–water partition coefficient (Wildman–Crippen LogP) is 3.73. The summed E-state index contributed by atoms with van der Waals surface area (Å²) >= 11 is 0. The van der Waals surface area contributed by atoms with Crippen molar-refractivity contribution in [1.82, 2.24) is 25.1 Å². The Hall–Kier alpha value is -1.46. The molecular weight excluding hydrogens is 322 g/mol. The van der Waals surface area contributed by atoms with E-state index < -0.39 is 0 Å². The van der Waals surface area contributed by atoms with Gasteiger partial charge in [0, 0.05) is 0 Å². The zero-order valence-electron chi connectivity index (χ0n) is 15.1. The molecule has 1 aliphatic rings. The van der Waals surface area contributed by atoms with Crippen LogP contribution in [0.1, 0.15) is 63.0 Å². The van der Waals surface area contributed by atoms with Gasteiger partial charge in [0.15, 0.2) is 5.82 Å². The van der Waals surface area contributed by atoms with Gasteiger partial charge in [-0.25, -0.2) is 4.68 Å². The largest absolute Gasteiger partial charge is 0.290 e. The van der Waals surface area contributed by atoms with Crippen molar-refractivity contribution >= 4 is 12.4 Å². The third-order valence-electron chi connectivity index (χ3n) is 5.08. The minimum atomic E-state index is -0.0818. The van der Waals surface area contributed by atoms with Crippen LogP contribution in [-0.4, -0.2) is 38.2 Å². The first-order chi connectivity index (χ1) is 11.0. The molecule has 2 aromatic rings. The number of hydrogen-bond donors (Lipinski definition) is 0. The van der Waals surface area contributed by atoms with Gasteiger partial charge < -0.3 is 0 Å². The molecule has 1 fully saturated rings. The molecule has 0 amide bonds. The Balaban J connectivity index is 0.00000208. The number of rotatable bonds is 5. The Morgan fingerprint density at radius 3 is 2.33 bits per heavy atom. The topological polar surface area (TPSA) is 46.8 Å². The summed E-state index contributed by atoms with van der Waals surface area (Å²) in [6.07, 6.45) is 3.49. The highest BCUT2D eigenvalue weighted by atomic mass is 35.5. The lowest BCUT2D eigenvalue weighted by molar-refractivity contribution is 0.230. The first-order valence-corrected chi connectivity index (χ1v) is 8.62. The summed E-state index contributed by atoms with van der Waals surface area (Å²) in [5, 5.41) is 12.8. The first kappa shape index (κ1) is 18.9. The molecule has 0 bridgehead atoms. The maximum Gasteiger partial charge on any atom is 0.173 e. The Kier molecular flexibility index (Phi) is 5.99. The molecule has 1 aliphatic heterocycles. The van der Waals surface area contributed by atoms with E-state index in [2.05, 4.69) is 72.4 Å². The second kappa shape index (κ2) is 7.62. The number of hydrogen-bond acceptors (Lipinski definition) is 4. The summed E-state index contributed by atoms with van der Waals surface area (Å²) in [7, 11) is 0. The molecule has 6 heteroatoms. The third kappa shape index (κ3) is 3.62. The Bertz CT molecular complexity index is 644. The maximum absolute atomic E-state index is 4.43. The van der Waals surface area contributed by atoms with Crippen LogP contribution in [0.5, 0.6) is 0 Å². The average Bonchev–Trinajstić information content (AvgIpc) is 3.22. The van der Waals surface area contributed by atoms with Crippen LogP contribution in [0.3, 0.4) is 0 Å². The number of tetrazole rings is 1. The smallest absolute Gasteiger partial charge is 0.173 e. The second-order valence-corrected chi connectivity index (χ2v) is 7.17. The van der Waals surface area contributed by atoms with Gasteiger partial charge in [-0.3, -0.25) is 4.90 Å². The molecule has 2 heterocycles.